The smallest absolute Gasteiger partial charge is 0.0643 e. The molecule has 1 aromatic carbocycles. The standard InChI is InChI=1S/C14H18O2/c1-11(2)7-8-12-5-3-4-6-13(12)9-10-14(15)16/h3-6,9-11H,7-8H2,1-2H3,(H,15,16)/p-1/b10-9+. The Balaban J connectivity index is 2.79. The Hall–Kier alpha value is -1.57. The maximum atomic E-state index is 10.4. The summed E-state index contributed by atoms with van der Waals surface area (Å²) in [6.45, 7) is 4.36. The average molecular weight is 217 g/mol. The van der Waals surface area contributed by atoms with Crippen LogP contribution in [0.25, 0.3) is 6.08 Å². The van der Waals surface area contributed by atoms with Crippen LogP contribution in [-0.4, -0.2) is 5.97 Å². The van der Waals surface area contributed by atoms with E-state index in [0.29, 0.717) is 5.92 Å². The summed E-state index contributed by atoms with van der Waals surface area (Å²) in [6.07, 6.45) is 4.76. The van der Waals surface area contributed by atoms with Gasteiger partial charge >= 0.3 is 0 Å². The normalized spacial score (nSPS) is 11.2. The van der Waals surface area contributed by atoms with Gasteiger partial charge in [-0.15, -0.1) is 0 Å². The zero-order valence-electron chi connectivity index (χ0n) is 9.77. The third-order valence-corrected chi connectivity index (χ3v) is 2.45. The van der Waals surface area contributed by atoms with E-state index in [1.54, 1.807) is 6.08 Å². The number of benzene rings is 1. The van der Waals surface area contributed by atoms with Gasteiger partial charge in [0.15, 0.2) is 0 Å². The molecule has 0 atom stereocenters. The summed E-state index contributed by atoms with van der Waals surface area (Å²) >= 11 is 0. The van der Waals surface area contributed by atoms with E-state index >= 15 is 0 Å². The molecule has 0 amide bonds. The molecule has 0 saturated carbocycles. The van der Waals surface area contributed by atoms with Gasteiger partial charge in [-0.25, -0.2) is 0 Å². The van der Waals surface area contributed by atoms with Crippen LogP contribution in [0.3, 0.4) is 0 Å². The van der Waals surface area contributed by atoms with Crippen LogP contribution in [0, 0.1) is 5.92 Å². The van der Waals surface area contributed by atoms with E-state index in [0.717, 1.165) is 24.5 Å². The van der Waals surface area contributed by atoms with E-state index in [9.17, 15) is 9.90 Å². The Labute approximate surface area is 96.6 Å². The van der Waals surface area contributed by atoms with Crippen molar-refractivity contribution >= 4 is 12.0 Å². The van der Waals surface area contributed by atoms with Gasteiger partial charge in [0.1, 0.15) is 0 Å². The van der Waals surface area contributed by atoms with E-state index in [-0.39, 0.29) is 0 Å². The second-order valence-corrected chi connectivity index (χ2v) is 4.28. The molecule has 86 valence electrons. The molecule has 0 radical (unpaired) electrons. The second-order valence-electron chi connectivity index (χ2n) is 4.28. The molecule has 2 nitrogen and oxygen atoms in total. The fourth-order valence-electron chi connectivity index (χ4n) is 1.53. The van der Waals surface area contributed by atoms with Crippen LogP contribution in [0.4, 0.5) is 0 Å². The van der Waals surface area contributed by atoms with Crippen LogP contribution >= 0.6 is 0 Å². The highest BCUT2D eigenvalue weighted by Crippen LogP contribution is 2.15. The number of rotatable bonds is 5. The minimum absolute atomic E-state index is 0.651. The molecule has 0 unspecified atom stereocenters. The number of aryl methyl sites for hydroxylation is 1. The minimum atomic E-state index is -1.15. The number of carbonyl (C=O) groups is 1. The van der Waals surface area contributed by atoms with E-state index in [2.05, 4.69) is 13.8 Å². The molecule has 0 N–H and O–H groups in total. The highest BCUT2D eigenvalue weighted by molar-refractivity contribution is 5.83. The predicted molar refractivity (Wildman–Crippen MR) is 63.6 cm³/mol. The Morgan fingerprint density at radius 2 is 2.06 bits per heavy atom. The Morgan fingerprint density at radius 1 is 1.38 bits per heavy atom. The van der Waals surface area contributed by atoms with Crippen molar-refractivity contribution in [3.8, 4) is 0 Å². The van der Waals surface area contributed by atoms with Crippen molar-refractivity contribution in [1.82, 2.24) is 0 Å². The van der Waals surface area contributed by atoms with Gasteiger partial charge in [-0.1, -0.05) is 44.2 Å². The monoisotopic (exact) mass is 217 g/mol. The lowest BCUT2D eigenvalue weighted by Crippen LogP contribution is -2.18. The fraction of sp³-hybridized carbons (Fsp3) is 0.357. The lowest BCUT2D eigenvalue weighted by Gasteiger charge is -2.08. The molecule has 0 bridgehead atoms. The summed E-state index contributed by atoms with van der Waals surface area (Å²) in [7, 11) is 0. The minimum Gasteiger partial charge on any atom is -0.545 e. The van der Waals surface area contributed by atoms with Crippen molar-refractivity contribution in [2.75, 3.05) is 0 Å². The van der Waals surface area contributed by atoms with E-state index < -0.39 is 5.97 Å². The summed E-state index contributed by atoms with van der Waals surface area (Å²) in [5.74, 6) is -0.503. The van der Waals surface area contributed by atoms with Crippen LogP contribution < -0.4 is 5.11 Å². The van der Waals surface area contributed by atoms with Gasteiger partial charge in [0, 0.05) is 0 Å². The molecular formula is C14H17O2-. The molecule has 0 aliphatic heterocycles. The molecule has 2 heteroatoms. The van der Waals surface area contributed by atoms with Crippen LogP contribution in [0.5, 0.6) is 0 Å². The maximum absolute atomic E-state index is 10.4. The molecule has 0 fully saturated rings. The third kappa shape index (κ3) is 4.30. The fourth-order valence-corrected chi connectivity index (χ4v) is 1.53. The summed E-state index contributed by atoms with van der Waals surface area (Å²) < 4.78 is 0. The van der Waals surface area contributed by atoms with Gasteiger partial charge in [-0.05, 0) is 36.0 Å². The van der Waals surface area contributed by atoms with Crippen molar-refractivity contribution in [2.24, 2.45) is 5.92 Å². The summed E-state index contributed by atoms with van der Waals surface area (Å²) in [5, 5.41) is 10.4. The van der Waals surface area contributed by atoms with Gasteiger partial charge in [0.25, 0.3) is 0 Å². The first kappa shape index (κ1) is 12.5. The first-order chi connectivity index (χ1) is 7.59. The van der Waals surface area contributed by atoms with Crippen molar-refractivity contribution in [3.63, 3.8) is 0 Å². The average Bonchev–Trinajstić information content (AvgIpc) is 2.24. The second kappa shape index (κ2) is 6.11. The lowest BCUT2D eigenvalue weighted by molar-refractivity contribution is -0.297. The summed E-state index contributed by atoms with van der Waals surface area (Å²) in [5.41, 5.74) is 2.15. The highest BCUT2D eigenvalue weighted by atomic mass is 16.4. The highest BCUT2D eigenvalue weighted by Gasteiger charge is 2.00. The van der Waals surface area contributed by atoms with Crippen molar-refractivity contribution in [1.29, 1.82) is 0 Å². The molecule has 0 aromatic heterocycles. The Kier molecular flexibility index (Phi) is 4.77. The molecule has 0 aliphatic rings. The lowest BCUT2D eigenvalue weighted by atomic mass is 9.98. The van der Waals surface area contributed by atoms with Crippen LogP contribution in [0.15, 0.2) is 30.3 Å². The number of aliphatic carboxylic acids is 1. The number of carboxylic acid groups (broad SMARTS) is 1. The molecule has 1 aromatic rings. The van der Waals surface area contributed by atoms with Gasteiger partial charge < -0.3 is 9.90 Å². The van der Waals surface area contributed by atoms with Gasteiger partial charge in [-0.3, -0.25) is 0 Å². The van der Waals surface area contributed by atoms with Crippen LogP contribution in [-0.2, 0) is 11.2 Å². The Bertz CT molecular complexity index is 378. The molecular weight excluding hydrogens is 200 g/mol. The molecule has 0 saturated heterocycles. The summed E-state index contributed by atoms with van der Waals surface area (Å²) in [4.78, 5) is 10.4. The van der Waals surface area contributed by atoms with Gasteiger partial charge in [-0.2, -0.15) is 0 Å². The van der Waals surface area contributed by atoms with Crippen LogP contribution in [0.1, 0.15) is 31.4 Å². The molecule has 0 spiro atoms. The number of hydrogen-bond acceptors (Lipinski definition) is 2. The van der Waals surface area contributed by atoms with Crippen molar-refractivity contribution < 1.29 is 9.90 Å². The van der Waals surface area contributed by atoms with Crippen LogP contribution in [0.2, 0.25) is 0 Å². The van der Waals surface area contributed by atoms with Crippen molar-refractivity contribution in [3.05, 3.63) is 41.5 Å². The van der Waals surface area contributed by atoms with Gasteiger partial charge in [0.2, 0.25) is 0 Å². The van der Waals surface area contributed by atoms with Gasteiger partial charge in [0.05, 0.1) is 5.97 Å². The molecule has 0 aliphatic carbocycles. The molecule has 0 heterocycles. The first-order valence-corrected chi connectivity index (χ1v) is 5.56. The molecule has 1 rings (SSSR count). The van der Waals surface area contributed by atoms with Crippen molar-refractivity contribution in [2.45, 2.75) is 26.7 Å². The quantitative estimate of drug-likeness (QED) is 0.708. The molecule has 16 heavy (non-hydrogen) atoms. The Morgan fingerprint density at radius 3 is 2.69 bits per heavy atom. The number of carboxylic acids is 1. The predicted octanol–water partition coefficient (Wildman–Crippen LogP) is 2.04. The van der Waals surface area contributed by atoms with E-state index in [1.165, 1.54) is 5.56 Å². The number of carbonyl (C=O) groups excluding carboxylic acids is 1. The van der Waals surface area contributed by atoms with E-state index in [4.69, 9.17) is 0 Å². The zero-order chi connectivity index (χ0) is 12.0. The number of hydrogen-bond donors (Lipinski definition) is 0. The largest absolute Gasteiger partial charge is 0.545 e. The first-order valence-electron chi connectivity index (χ1n) is 5.56. The third-order valence-electron chi connectivity index (χ3n) is 2.45. The van der Waals surface area contributed by atoms with E-state index in [1.807, 2.05) is 24.3 Å². The maximum Gasteiger partial charge on any atom is 0.0643 e. The SMILES string of the molecule is CC(C)CCc1ccccc1/C=C/C(=O)[O-]. The topological polar surface area (TPSA) is 40.1 Å². The summed E-state index contributed by atoms with van der Waals surface area (Å²) in [6, 6.07) is 7.85. The zero-order valence-corrected chi connectivity index (χ0v) is 9.77.